The molecule has 4 heteroatoms. The Balaban J connectivity index is 2.89. The maximum absolute atomic E-state index is 10.6. The molecule has 0 aliphatic carbocycles. The van der Waals surface area contributed by atoms with Crippen molar-refractivity contribution in [3.8, 4) is 0 Å². The van der Waals surface area contributed by atoms with Crippen molar-refractivity contribution in [3.05, 3.63) is 13.8 Å². The molecule has 0 atom stereocenters. The molecule has 0 aromatic carbocycles. The van der Waals surface area contributed by atoms with Crippen LogP contribution >= 0.6 is 33.9 Å². The van der Waals surface area contributed by atoms with Crippen LogP contribution in [0.4, 0.5) is 5.69 Å². The maximum Gasteiger partial charge on any atom is 0.162 e. The van der Waals surface area contributed by atoms with Crippen molar-refractivity contribution in [2.45, 2.75) is 19.9 Å². The summed E-state index contributed by atoms with van der Waals surface area (Å²) in [6.45, 7) is 4.11. The maximum atomic E-state index is 10.6. The predicted molar refractivity (Wildman–Crippen MR) is 61.2 cm³/mol. The summed E-state index contributed by atoms with van der Waals surface area (Å²) in [5.41, 5.74) is 0.953. The van der Waals surface area contributed by atoms with Crippen LogP contribution in [0.15, 0.2) is 6.07 Å². The summed E-state index contributed by atoms with van der Waals surface area (Å²) >= 11 is 3.73. The minimum atomic E-state index is 0.370. The highest BCUT2D eigenvalue weighted by Crippen LogP contribution is 2.27. The molecule has 2 nitrogen and oxygen atoms in total. The van der Waals surface area contributed by atoms with E-state index in [9.17, 15) is 4.79 Å². The zero-order chi connectivity index (χ0) is 9.14. The number of rotatable bonds is 3. The lowest BCUT2D eigenvalue weighted by molar-refractivity contribution is 0.112. The van der Waals surface area contributed by atoms with Crippen molar-refractivity contribution in [1.29, 1.82) is 0 Å². The standard InChI is InChI=1S/C8H10INOS/c1-5(2)10-6-3-8(9)12-7(6)4-11/h3-5,10H,1-2H3. The predicted octanol–water partition coefficient (Wildman–Crippen LogP) is 2.99. The Labute approximate surface area is 89.5 Å². The molecule has 0 saturated carbocycles. The SMILES string of the molecule is CC(C)Nc1cc(I)sc1C=O. The van der Waals surface area contributed by atoms with E-state index in [1.165, 1.54) is 11.3 Å². The Bertz CT molecular complexity index is 283. The Kier molecular flexibility index (Phi) is 3.52. The molecular formula is C8H10INOS. The second kappa shape index (κ2) is 4.23. The third kappa shape index (κ3) is 2.45. The molecule has 1 heterocycles. The smallest absolute Gasteiger partial charge is 0.162 e. The highest BCUT2D eigenvalue weighted by molar-refractivity contribution is 14.1. The summed E-state index contributed by atoms with van der Waals surface area (Å²) in [4.78, 5) is 11.4. The number of aldehydes is 1. The number of halogens is 1. The monoisotopic (exact) mass is 295 g/mol. The summed E-state index contributed by atoms with van der Waals surface area (Å²) in [6, 6.07) is 2.36. The van der Waals surface area contributed by atoms with Crippen molar-refractivity contribution >= 4 is 45.9 Å². The fraction of sp³-hybridized carbons (Fsp3) is 0.375. The first-order valence-corrected chi connectivity index (χ1v) is 5.54. The fourth-order valence-corrected chi connectivity index (χ4v) is 2.57. The molecule has 12 heavy (non-hydrogen) atoms. The second-order valence-electron chi connectivity index (χ2n) is 2.75. The van der Waals surface area contributed by atoms with Crippen molar-refractivity contribution in [1.82, 2.24) is 0 Å². The third-order valence-electron chi connectivity index (χ3n) is 1.28. The van der Waals surface area contributed by atoms with Crippen molar-refractivity contribution in [2.24, 2.45) is 0 Å². The van der Waals surface area contributed by atoms with Gasteiger partial charge in [0.1, 0.15) is 0 Å². The van der Waals surface area contributed by atoms with Gasteiger partial charge in [0.2, 0.25) is 0 Å². The summed E-state index contributed by atoms with van der Waals surface area (Å²) in [7, 11) is 0. The lowest BCUT2D eigenvalue weighted by Gasteiger charge is -2.07. The highest BCUT2D eigenvalue weighted by Gasteiger charge is 2.06. The molecule has 0 radical (unpaired) electrons. The zero-order valence-electron chi connectivity index (χ0n) is 6.93. The molecule has 0 aliphatic heterocycles. The van der Waals surface area contributed by atoms with E-state index in [2.05, 4.69) is 41.8 Å². The van der Waals surface area contributed by atoms with E-state index in [0.29, 0.717) is 6.04 Å². The molecule has 1 N–H and O–H groups in total. The van der Waals surface area contributed by atoms with Crippen LogP contribution in [0.2, 0.25) is 0 Å². The van der Waals surface area contributed by atoms with Crippen LogP contribution in [0.25, 0.3) is 0 Å². The Hall–Kier alpha value is -0.100. The van der Waals surface area contributed by atoms with E-state index in [1.54, 1.807) is 0 Å². The van der Waals surface area contributed by atoms with Crippen LogP contribution in [-0.2, 0) is 0 Å². The number of hydrogen-bond acceptors (Lipinski definition) is 3. The van der Waals surface area contributed by atoms with Gasteiger partial charge in [-0.05, 0) is 42.5 Å². The highest BCUT2D eigenvalue weighted by atomic mass is 127. The summed E-state index contributed by atoms with van der Waals surface area (Å²) in [5.74, 6) is 0. The number of thiophene rings is 1. The van der Waals surface area contributed by atoms with Gasteiger partial charge in [0.15, 0.2) is 6.29 Å². The average Bonchev–Trinajstić information content (AvgIpc) is 2.29. The summed E-state index contributed by atoms with van der Waals surface area (Å²) < 4.78 is 1.14. The largest absolute Gasteiger partial charge is 0.382 e. The lowest BCUT2D eigenvalue weighted by atomic mass is 10.3. The molecule has 1 rings (SSSR count). The first-order chi connectivity index (χ1) is 5.63. The van der Waals surface area contributed by atoms with E-state index >= 15 is 0 Å². The van der Waals surface area contributed by atoms with Gasteiger partial charge in [-0.2, -0.15) is 0 Å². The van der Waals surface area contributed by atoms with Crippen LogP contribution in [0.5, 0.6) is 0 Å². The van der Waals surface area contributed by atoms with Gasteiger partial charge in [-0.3, -0.25) is 4.79 Å². The van der Waals surface area contributed by atoms with Crippen LogP contribution in [0.3, 0.4) is 0 Å². The topological polar surface area (TPSA) is 29.1 Å². The molecule has 1 aromatic rings. The fourth-order valence-electron chi connectivity index (χ4n) is 0.885. The molecule has 66 valence electrons. The molecule has 0 aliphatic rings. The van der Waals surface area contributed by atoms with E-state index in [1.807, 2.05) is 6.07 Å². The van der Waals surface area contributed by atoms with Gasteiger partial charge in [-0.25, -0.2) is 0 Å². The minimum absolute atomic E-state index is 0.370. The van der Waals surface area contributed by atoms with E-state index < -0.39 is 0 Å². The van der Waals surface area contributed by atoms with E-state index in [-0.39, 0.29) is 0 Å². The molecule has 0 saturated heterocycles. The molecule has 0 spiro atoms. The first-order valence-electron chi connectivity index (χ1n) is 3.64. The minimum Gasteiger partial charge on any atom is -0.382 e. The molecular weight excluding hydrogens is 285 g/mol. The van der Waals surface area contributed by atoms with Crippen LogP contribution in [0.1, 0.15) is 23.5 Å². The summed E-state index contributed by atoms with van der Waals surface area (Å²) in [6.07, 6.45) is 0.900. The van der Waals surface area contributed by atoms with Crippen molar-refractivity contribution in [3.63, 3.8) is 0 Å². The number of carbonyl (C=O) groups is 1. The molecule has 0 unspecified atom stereocenters. The Morgan fingerprint density at radius 3 is 2.83 bits per heavy atom. The third-order valence-corrected chi connectivity index (χ3v) is 3.10. The molecule has 0 amide bonds. The van der Waals surface area contributed by atoms with Crippen LogP contribution in [0, 0.1) is 2.88 Å². The van der Waals surface area contributed by atoms with Gasteiger partial charge in [-0.1, -0.05) is 0 Å². The Morgan fingerprint density at radius 1 is 1.67 bits per heavy atom. The zero-order valence-corrected chi connectivity index (χ0v) is 9.90. The van der Waals surface area contributed by atoms with E-state index in [4.69, 9.17) is 0 Å². The van der Waals surface area contributed by atoms with Gasteiger partial charge in [-0.15, -0.1) is 11.3 Å². The summed E-state index contributed by atoms with van der Waals surface area (Å²) in [5, 5.41) is 3.22. The Morgan fingerprint density at radius 2 is 2.33 bits per heavy atom. The lowest BCUT2D eigenvalue weighted by Crippen LogP contribution is -2.09. The first kappa shape index (κ1) is 9.98. The van der Waals surface area contributed by atoms with Gasteiger partial charge in [0, 0.05) is 6.04 Å². The van der Waals surface area contributed by atoms with Crippen molar-refractivity contribution < 1.29 is 4.79 Å². The quantitative estimate of drug-likeness (QED) is 0.686. The number of carbonyl (C=O) groups excluding carboxylic acids is 1. The molecule has 0 fully saturated rings. The van der Waals surface area contributed by atoms with Crippen LogP contribution < -0.4 is 5.32 Å². The van der Waals surface area contributed by atoms with Crippen molar-refractivity contribution in [2.75, 3.05) is 5.32 Å². The second-order valence-corrected chi connectivity index (χ2v) is 5.72. The average molecular weight is 295 g/mol. The van der Waals surface area contributed by atoms with Gasteiger partial charge in [0.05, 0.1) is 13.4 Å². The van der Waals surface area contributed by atoms with Gasteiger partial charge >= 0.3 is 0 Å². The van der Waals surface area contributed by atoms with Crippen LogP contribution in [-0.4, -0.2) is 12.3 Å². The normalized spacial score (nSPS) is 10.3. The molecule has 1 aromatic heterocycles. The number of nitrogens with one attached hydrogen (secondary N) is 1. The van der Waals surface area contributed by atoms with E-state index in [0.717, 1.165) is 19.7 Å². The van der Waals surface area contributed by atoms with Gasteiger partial charge < -0.3 is 5.32 Å². The molecule has 0 bridgehead atoms. The number of hydrogen-bond donors (Lipinski definition) is 1. The number of anilines is 1. The van der Waals surface area contributed by atoms with Gasteiger partial charge in [0.25, 0.3) is 0 Å².